The number of amides is 2. The second kappa shape index (κ2) is 7.49. The van der Waals surface area contributed by atoms with Crippen LogP contribution < -0.4 is 10.6 Å². The molecule has 2 rings (SSSR count). The van der Waals surface area contributed by atoms with E-state index in [2.05, 4.69) is 10.6 Å². The van der Waals surface area contributed by atoms with E-state index < -0.39 is 0 Å². The number of rotatable bonds is 4. The fourth-order valence-corrected chi connectivity index (χ4v) is 2.76. The quantitative estimate of drug-likeness (QED) is 0.800. The van der Waals surface area contributed by atoms with Gasteiger partial charge in [-0.1, -0.05) is 35.4 Å². The third-order valence-corrected chi connectivity index (χ3v) is 4.13. The Bertz CT molecular complexity index is 777. The van der Waals surface area contributed by atoms with E-state index in [9.17, 15) is 9.59 Å². The molecule has 0 atom stereocenters. The van der Waals surface area contributed by atoms with E-state index >= 15 is 0 Å². The second-order valence-electron chi connectivity index (χ2n) is 6.01. The molecule has 2 aromatic carbocycles. The molecule has 0 aromatic heterocycles. The van der Waals surface area contributed by atoms with E-state index in [1.165, 1.54) is 0 Å². The van der Waals surface area contributed by atoms with Crippen molar-refractivity contribution in [3.05, 3.63) is 57.6 Å². The van der Waals surface area contributed by atoms with Gasteiger partial charge in [0.2, 0.25) is 11.8 Å². The number of anilines is 2. The maximum atomic E-state index is 12.1. The molecule has 5 heteroatoms. The normalized spacial score (nSPS) is 10.4. The van der Waals surface area contributed by atoms with Crippen molar-refractivity contribution in [3.63, 3.8) is 0 Å². The lowest BCUT2D eigenvalue weighted by Crippen LogP contribution is -2.22. The molecule has 126 valence electrons. The summed E-state index contributed by atoms with van der Waals surface area (Å²) in [6.45, 7) is 7.76. The fraction of sp³-hybridized carbons (Fsp3) is 0.263. The van der Waals surface area contributed by atoms with Gasteiger partial charge in [-0.15, -0.1) is 0 Å². The van der Waals surface area contributed by atoms with Crippen LogP contribution in [-0.4, -0.2) is 11.8 Å². The Morgan fingerprint density at radius 1 is 0.875 bits per heavy atom. The summed E-state index contributed by atoms with van der Waals surface area (Å²) in [6, 6.07) is 9.23. The van der Waals surface area contributed by atoms with Crippen molar-refractivity contribution >= 4 is 34.8 Å². The zero-order valence-electron chi connectivity index (χ0n) is 14.3. The van der Waals surface area contributed by atoms with Crippen LogP contribution in [0.1, 0.15) is 28.7 Å². The first-order chi connectivity index (χ1) is 11.3. The molecule has 0 bridgehead atoms. The van der Waals surface area contributed by atoms with E-state index in [0.717, 1.165) is 27.9 Å². The molecule has 2 amide bonds. The molecule has 0 spiro atoms. The van der Waals surface area contributed by atoms with Gasteiger partial charge in [0, 0.05) is 16.4 Å². The summed E-state index contributed by atoms with van der Waals surface area (Å²) >= 11 is 6.03. The van der Waals surface area contributed by atoms with Crippen LogP contribution in [0.4, 0.5) is 11.4 Å². The first kappa shape index (κ1) is 18.0. The molecule has 0 saturated heterocycles. The number of halogens is 1. The molecule has 0 heterocycles. The molecule has 0 aliphatic carbocycles. The lowest BCUT2D eigenvalue weighted by molar-refractivity contribution is -0.123. The van der Waals surface area contributed by atoms with Crippen LogP contribution in [0.3, 0.4) is 0 Å². The lowest BCUT2D eigenvalue weighted by atomic mass is 10.0. The Balaban J connectivity index is 1.99. The topological polar surface area (TPSA) is 58.2 Å². The van der Waals surface area contributed by atoms with Crippen molar-refractivity contribution in [2.45, 2.75) is 34.1 Å². The Labute approximate surface area is 147 Å². The number of hydrogen-bond acceptors (Lipinski definition) is 2. The standard InChI is InChI=1S/C19H21ClN2O2/c1-11-7-13(3)19(14(4)8-11)22-18(24)10-17(23)21-15-6-5-12(2)16(20)9-15/h5-9H,10H2,1-4H3,(H,21,23)(H,22,24). The van der Waals surface area contributed by atoms with Crippen LogP contribution >= 0.6 is 11.6 Å². The van der Waals surface area contributed by atoms with Crippen LogP contribution in [0.2, 0.25) is 5.02 Å². The molecule has 2 N–H and O–H groups in total. The Morgan fingerprint density at radius 2 is 1.46 bits per heavy atom. The number of nitrogens with one attached hydrogen (secondary N) is 2. The minimum atomic E-state index is -0.380. The van der Waals surface area contributed by atoms with Crippen LogP contribution in [0, 0.1) is 27.7 Å². The first-order valence-corrected chi connectivity index (χ1v) is 8.08. The van der Waals surface area contributed by atoms with E-state index in [-0.39, 0.29) is 18.2 Å². The van der Waals surface area contributed by atoms with Crippen LogP contribution in [0.25, 0.3) is 0 Å². The maximum absolute atomic E-state index is 12.1. The van der Waals surface area contributed by atoms with Gasteiger partial charge in [-0.3, -0.25) is 9.59 Å². The van der Waals surface area contributed by atoms with Crippen molar-refractivity contribution in [1.82, 2.24) is 0 Å². The van der Waals surface area contributed by atoms with Crippen molar-refractivity contribution < 1.29 is 9.59 Å². The van der Waals surface area contributed by atoms with Gasteiger partial charge in [0.05, 0.1) is 0 Å². The van der Waals surface area contributed by atoms with E-state index in [4.69, 9.17) is 11.6 Å². The van der Waals surface area contributed by atoms with Gasteiger partial charge >= 0.3 is 0 Å². The third-order valence-electron chi connectivity index (χ3n) is 3.72. The van der Waals surface area contributed by atoms with E-state index in [1.54, 1.807) is 12.1 Å². The molecule has 0 radical (unpaired) electrons. The number of hydrogen-bond donors (Lipinski definition) is 2. The van der Waals surface area contributed by atoms with Crippen molar-refractivity contribution in [2.75, 3.05) is 10.6 Å². The zero-order chi connectivity index (χ0) is 17.9. The fourth-order valence-electron chi connectivity index (χ4n) is 2.58. The molecule has 0 unspecified atom stereocenters. The second-order valence-corrected chi connectivity index (χ2v) is 6.42. The van der Waals surface area contributed by atoms with Crippen molar-refractivity contribution in [1.29, 1.82) is 0 Å². The number of carbonyl (C=O) groups is 2. The highest BCUT2D eigenvalue weighted by Gasteiger charge is 2.13. The highest BCUT2D eigenvalue weighted by molar-refractivity contribution is 6.31. The molecule has 0 aliphatic rings. The van der Waals surface area contributed by atoms with Gasteiger partial charge in [-0.25, -0.2) is 0 Å². The molecule has 24 heavy (non-hydrogen) atoms. The van der Waals surface area contributed by atoms with Crippen molar-refractivity contribution in [2.24, 2.45) is 0 Å². The highest BCUT2D eigenvalue weighted by Crippen LogP contribution is 2.22. The summed E-state index contributed by atoms with van der Waals surface area (Å²) in [6.07, 6.45) is -0.252. The van der Waals surface area contributed by atoms with Gasteiger partial charge < -0.3 is 10.6 Å². The summed E-state index contributed by atoms with van der Waals surface area (Å²) in [7, 11) is 0. The zero-order valence-corrected chi connectivity index (χ0v) is 15.0. The first-order valence-electron chi connectivity index (χ1n) is 7.70. The molecule has 2 aromatic rings. The maximum Gasteiger partial charge on any atom is 0.233 e. The minimum Gasteiger partial charge on any atom is -0.326 e. The molecular formula is C19H21ClN2O2. The van der Waals surface area contributed by atoms with Crippen molar-refractivity contribution in [3.8, 4) is 0 Å². The van der Waals surface area contributed by atoms with Gasteiger partial charge in [-0.2, -0.15) is 0 Å². The van der Waals surface area contributed by atoms with Gasteiger partial charge in [0.25, 0.3) is 0 Å². The van der Waals surface area contributed by atoms with Crippen LogP contribution in [-0.2, 0) is 9.59 Å². The monoisotopic (exact) mass is 344 g/mol. The Hall–Kier alpha value is -2.33. The predicted octanol–water partition coefficient (Wildman–Crippen LogP) is 4.54. The molecule has 0 saturated carbocycles. The number of benzene rings is 2. The summed E-state index contributed by atoms with van der Waals surface area (Å²) in [5.74, 6) is -0.726. The molecule has 0 fully saturated rings. The SMILES string of the molecule is Cc1cc(C)c(NC(=O)CC(=O)Nc2ccc(C)c(Cl)c2)c(C)c1. The van der Waals surface area contributed by atoms with E-state index in [0.29, 0.717) is 10.7 Å². The molecule has 4 nitrogen and oxygen atoms in total. The smallest absolute Gasteiger partial charge is 0.233 e. The van der Waals surface area contributed by atoms with Gasteiger partial charge in [-0.05, 0) is 56.5 Å². The number of carbonyl (C=O) groups excluding carboxylic acids is 2. The largest absolute Gasteiger partial charge is 0.326 e. The third kappa shape index (κ3) is 4.59. The molecule has 0 aliphatic heterocycles. The lowest BCUT2D eigenvalue weighted by Gasteiger charge is -2.13. The Kier molecular flexibility index (Phi) is 5.62. The average Bonchev–Trinajstić information content (AvgIpc) is 2.46. The highest BCUT2D eigenvalue weighted by atomic mass is 35.5. The summed E-state index contributed by atoms with van der Waals surface area (Å²) in [5, 5.41) is 6.07. The minimum absolute atomic E-state index is 0.252. The number of aryl methyl sites for hydroxylation is 4. The summed E-state index contributed by atoms with van der Waals surface area (Å²) in [5.41, 5.74) is 5.36. The summed E-state index contributed by atoms with van der Waals surface area (Å²) < 4.78 is 0. The molecular weight excluding hydrogens is 324 g/mol. The van der Waals surface area contributed by atoms with Gasteiger partial charge in [0.15, 0.2) is 0 Å². The van der Waals surface area contributed by atoms with E-state index in [1.807, 2.05) is 45.9 Å². The van der Waals surface area contributed by atoms with Crippen LogP contribution in [0.15, 0.2) is 30.3 Å². The average molecular weight is 345 g/mol. The summed E-state index contributed by atoms with van der Waals surface area (Å²) in [4.78, 5) is 24.1. The van der Waals surface area contributed by atoms with Gasteiger partial charge in [0.1, 0.15) is 6.42 Å². The predicted molar refractivity (Wildman–Crippen MR) is 98.7 cm³/mol. The Morgan fingerprint density at radius 3 is 2.04 bits per heavy atom. The van der Waals surface area contributed by atoms with Crippen LogP contribution in [0.5, 0.6) is 0 Å².